The molecule has 0 spiro atoms. The van der Waals surface area contributed by atoms with E-state index < -0.39 is 0 Å². The van der Waals surface area contributed by atoms with Gasteiger partial charge in [-0.15, -0.1) is 5.10 Å². The van der Waals surface area contributed by atoms with Crippen LogP contribution in [0.1, 0.15) is 37.7 Å². The molecule has 21 heavy (non-hydrogen) atoms. The number of rotatable bonds is 4. The summed E-state index contributed by atoms with van der Waals surface area (Å²) in [5.74, 6) is 0.900. The van der Waals surface area contributed by atoms with Crippen LogP contribution in [0.15, 0.2) is 12.1 Å². The van der Waals surface area contributed by atoms with Gasteiger partial charge >= 0.3 is 0 Å². The molecule has 1 aliphatic carbocycles. The van der Waals surface area contributed by atoms with Crippen LogP contribution >= 0.6 is 0 Å². The zero-order valence-corrected chi connectivity index (χ0v) is 12.2. The first kappa shape index (κ1) is 14.0. The molecule has 1 heterocycles. The molecule has 0 saturated heterocycles. The minimum absolute atomic E-state index is 0.305. The van der Waals surface area contributed by atoms with Gasteiger partial charge in [0.05, 0.1) is 5.56 Å². The average molecular weight is 289 g/mol. The van der Waals surface area contributed by atoms with Gasteiger partial charge in [-0.2, -0.15) is 0 Å². The van der Waals surface area contributed by atoms with Crippen molar-refractivity contribution in [1.82, 2.24) is 20.2 Å². The summed E-state index contributed by atoms with van der Waals surface area (Å²) >= 11 is 0. The van der Waals surface area contributed by atoms with Crippen LogP contribution in [0, 0.1) is 18.7 Å². The number of aryl methyl sites for hydroxylation is 2. The van der Waals surface area contributed by atoms with E-state index in [1.807, 2.05) is 0 Å². The fourth-order valence-corrected chi connectivity index (χ4v) is 3.11. The molecule has 2 aromatic rings. The largest absolute Gasteiger partial charge is 0.399 e. The predicted molar refractivity (Wildman–Crippen MR) is 78.9 cm³/mol. The number of nitrogens with two attached hydrogens (primary N) is 1. The van der Waals surface area contributed by atoms with Crippen molar-refractivity contribution in [2.45, 2.75) is 45.6 Å². The van der Waals surface area contributed by atoms with E-state index in [2.05, 4.69) is 15.5 Å². The quantitative estimate of drug-likeness (QED) is 0.879. The van der Waals surface area contributed by atoms with Crippen LogP contribution in [0.4, 0.5) is 10.1 Å². The maximum absolute atomic E-state index is 14.3. The molecule has 1 aliphatic rings. The average Bonchev–Trinajstić information content (AvgIpc) is 3.11. The second kappa shape index (κ2) is 5.79. The Bertz CT molecular complexity index is 631. The smallest absolute Gasteiger partial charge is 0.185 e. The second-order valence-electron chi connectivity index (χ2n) is 5.86. The molecule has 1 aromatic heterocycles. The van der Waals surface area contributed by atoms with Crippen molar-refractivity contribution in [2.24, 2.45) is 5.92 Å². The Hall–Kier alpha value is -1.98. The highest BCUT2D eigenvalue weighted by molar-refractivity contribution is 5.63. The first-order chi connectivity index (χ1) is 10.1. The van der Waals surface area contributed by atoms with E-state index in [-0.39, 0.29) is 5.82 Å². The van der Waals surface area contributed by atoms with E-state index in [9.17, 15) is 4.39 Å². The lowest BCUT2D eigenvalue weighted by atomic mass is 10.0. The summed E-state index contributed by atoms with van der Waals surface area (Å²) in [4.78, 5) is 0. The van der Waals surface area contributed by atoms with Crippen molar-refractivity contribution >= 4 is 5.69 Å². The van der Waals surface area contributed by atoms with Gasteiger partial charge in [0, 0.05) is 12.2 Å². The highest BCUT2D eigenvalue weighted by Crippen LogP contribution is 2.29. The summed E-state index contributed by atoms with van der Waals surface area (Å²) in [6.45, 7) is 2.42. The zero-order valence-electron chi connectivity index (χ0n) is 12.2. The Morgan fingerprint density at radius 3 is 2.86 bits per heavy atom. The molecule has 0 aliphatic heterocycles. The van der Waals surface area contributed by atoms with Gasteiger partial charge in [0.15, 0.2) is 5.82 Å². The van der Waals surface area contributed by atoms with Crippen molar-refractivity contribution in [3.05, 3.63) is 23.5 Å². The topological polar surface area (TPSA) is 69.6 Å². The van der Waals surface area contributed by atoms with Crippen LogP contribution in [0.25, 0.3) is 11.4 Å². The molecule has 0 atom stereocenters. The van der Waals surface area contributed by atoms with Crippen LogP contribution in [0.2, 0.25) is 0 Å². The van der Waals surface area contributed by atoms with E-state index in [1.54, 1.807) is 23.7 Å². The molecule has 1 fully saturated rings. The van der Waals surface area contributed by atoms with Crippen LogP contribution in [-0.2, 0) is 6.54 Å². The van der Waals surface area contributed by atoms with Crippen molar-refractivity contribution in [3.8, 4) is 11.4 Å². The van der Waals surface area contributed by atoms with Gasteiger partial charge in [-0.1, -0.05) is 25.7 Å². The van der Waals surface area contributed by atoms with Gasteiger partial charge in [0.1, 0.15) is 5.82 Å². The Kier molecular flexibility index (Phi) is 3.86. The second-order valence-corrected chi connectivity index (χ2v) is 5.86. The number of halogens is 1. The summed E-state index contributed by atoms with van der Waals surface area (Å²) in [7, 11) is 0. The van der Waals surface area contributed by atoms with Gasteiger partial charge in [-0.3, -0.25) is 0 Å². The number of anilines is 1. The minimum Gasteiger partial charge on any atom is -0.399 e. The number of hydrogen-bond donors (Lipinski definition) is 1. The van der Waals surface area contributed by atoms with Gasteiger partial charge in [0.2, 0.25) is 0 Å². The molecule has 0 amide bonds. The molecule has 0 unspecified atom stereocenters. The molecule has 6 heteroatoms. The molecule has 1 saturated carbocycles. The van der Waals surface area contributed by atoms with Crippen molar-refractivity contribution in [2.75, 3.05) is 5.73 Å². The third kappa shape index (κ3) is 2.89. The van der Waals surface area contributed by atoms with Crippen molar-refractivity contribution in [1.29, 1.82) is 0 Å². The summed E-state index contributed by atoms with van der Waals surface area (Å²) in [5.41, 5.74) is 7.22. The Labute approximate surface area is 123 Å². The van der Waals surface area contributed by atoms with Gasteiger partial charge in [-0.05, 0) is 47.4 Å². The summed E-state index contributed by atoms with van der Waals surface area (Å²) in [6.07, 6.45) is 6.24. The minimum atomic E-state index is -0.305. The highest BCUT2D eigenvalue weighted by atomic mass is 19.1. The molecule has 112 valence electrons. The van der Waals surface area contributed by atoms with E-state index in [4.69, 9.17) is 5.73 Å². The maximum Gasteiger partial charge on any atom is 0.185 e. The lowest BCUT2D eigenvalue weighted by Gasteiger charge is -2.11. The fraction of sp³-hybridized carbons (Fsp3) is 0.533. The van der Waals surface area contributed by atoms with Crippen molar-refractivity contribution in [3.63, 3.8) is 0 Å². The van der Waals surface area contributed by atoms with Gasteiger partial charge < -0.3 is 5.73 Å². The van der Waals surface area contributed by atoms with E-state index in [0.29, 0.717) is 22.6 Å². The first-order valence-electron chi connectivity index (χ1n) is 7.47. The fourth-order valence-electron chi connectivity index (χ4n) is 3.11. The standard InChI is InChI=1S/C15H20FN5/c1-10-8-12(17)9-13(14(10)16)15-18-19-20-21(15)7-6-11-4-2-3-5-11/h8-9,11H,2-7,17H2,1H3. The zero-order chi connectivity index (χ0) is 14.8. The lowest BCUT2D eigenvalue weighted by Crippen LogP contribution is -2.08. The molecule has 5 nitrogen and oxygen atoms in total. The van der Waals surface area contributed by atoms with Gasteiger partial charge in [0.25, 0.3) is 0 Å². The van der Waals surface area contributed by atoms with Crippen LogP contribution in [0.3, 0.4) is 0 Å². The Morgan fingerprint density at radius 2 is 2.10 bits per heavy atom. The highest BCUT2D eigenvalue weighted by Gasteiger charge is 2.19. The normalized spacial score (nSPS) is 15.7. The number of benzene rings is 1. The lowest BCUT2D eigenvalue weighted by molar-refractivity contribution is 0.436. The van der Waals surface area contributed by atoms with Crippen LogP contribution < -0.4 is 5.73 Å². The molecule has 1 aromatic carbocycles. The molecular weight excluding hydrogens is 269 g/mol. The van der Waals surface area contributed by atoms with Crippen LogP contribution in [0.5, 0.6) is 0 Å². The van der Waals surface area contributed by atoms with Crippen LogP contribution in [-0.4, -0.2) is 20.2 Å². The Morgan fingerprint density at radius 1 is 1.33 bits per heavy atom. The summed E-state index contributed by atoms with van der Waals surface area (Å²) in [5, 5.41) is 11.7. The monoisotopic (exact) mass is 289 g/mol. The number of hydrogen-bond acceptors (Lipinski definition) is 4. The maximum atomic E-state index is 14.3. The summed E-state index contributed by atoms with van der Waals surface area (Å²) < 4.78 is 16.0. The number of nitrogen functional groups attached to an aromatic ring is 1. The summed E-state index contributed by atoms with van der Waals surface area (Å²) in [6, 6.07) is 3.21. The third-order valence-corrected chi connectivity index (χ3v) is 4.27. The first-order valence-corrected chi connectivity index (χ1v) is 7.47. The van der Waals surface area contributed by atoms with E-state index in [0.717, 1.165) is 18.9 Å². The van der Waals surface area contributed by atoms with Gasteiger partial charge in [-0.25, -0.2) is 9.07 Å². The molecule has 3 rings (SSSR count). The molecule has 2 N–H and O–H groups in total. The predicted octanol–water partition coefficient (Wildman–Crippen LogP) is 2.95. The van der Waals surface area contributed by atoms with E-state index in [1.165, 1.54) is 25.7 Å². The number of aromatic nitrogens is 4. The van der Waals surface area contributed by atoms with Crippen molar-refractivity contribution < 1.29 is 4.39 Å². The number of nitrogens with zero attached hydrogens (tertiary/aromatic N) is 4. The molecular formula is C15H20FN5. The Balaban J connectivity index is 1.84. The SMILES string of the molecule is Cc1cc(N)cc(-c2nnnn2CCC2CCCC2)c1F. The molecule has 0 radical (unpaired) electrons. The van der Waals surface area contributed by atoms with E-state index >= 15 is 0 Å². The third-order valence-electron chi connectivity index (χ3n) is 4.27. The molecule has 0 bridgehead atoms. The number of tetrazole rings is 1.